The molecule has 0 aliphatic heterocycles. The van der Waals surface area contributed by atoms with Gasteiger partial charge in [0.15, 0.2) is 0 Å². The summed E-state index contributed by atoms with van der Waals surface area (Å²) < 4.78 is 0. The van der Waals surface area contributed by atoms with E-state index >= 15 is 0 Å². The summed E-state index contributed by atoms with van der Waals surface area (Å²) in [5.74, 6) is 0.0546. The van der Waals surface area contributed by atoms with Crippen LogP contribution >= 0.6 is 0 Å². The van der Waals surface area contributed by atoms with Crippen molar-refractivity contribution >= 4 is 22.5 Å². The number of rotatable bonds is 4. The molecule has 1 amide bonds. The lowest BCUT2D eigenvalue weighted by molar-refractivity contribution is -0.116. The van der Waals surface area contributed by atoms with Crippen LogP contribution in [0.25, 0.3) is 10.9 Å². The van der Waals surface area contributed by atoms with Crippen LogP contribution < -0.4 is 5.32 Å². The van der Waals surface area contributed by atoms with Gasteiger partial charge in [-0.2, -0.15) is 0 Å². The van der Waals surface area contributed by atoms with E-state index in [2.05, 4.69) is 35.4 Å². The van der Waals surface area contributed by atoms with Crippen molar-refractivity contribution < 1.29 is 4.79 Å². The first-order chi connectivity index (χ1) is 10.6. The van der Waals surface area contributed by atoms with Crippen LogP contribution in [0.4, 0.5) is 5.69 Å². The van der Waals surface area contributed by atoms with Crippen molar-refractivity contribution in [1.29, 1.82) is 0 Å². The summed E-state index contributed by atoms with van der Waals surface area (Å²) in [4.78, 5) is 15.4. The molecule has 0 fully saturated rings. The van der Waals surface area contributed by atoms with Gasteiger partial charge in [-0.3, -0.25) is 4.79 Å². The Balaban J connectivity index is 1.66. The Kier molecular flexibility index (Phi) is 3.96. The molecule has 3 rings (SSSR count). The number of aromatic nitrogens is 1. The molecule has 0 unspecified atom stereocenters. The lowest BCUT2D eigenvalue weighted by Gasteiger charge is -2.10. The highest BCUT2D eigenvalue weighted by molar-refractivity contribution is 5.92. The highest BCUT2D eigenvalue weighted by Crippen LogP contribution is 2.20. The Morgan fingerprint density at radius 3 is 2.77 bits per heavy atom. The molecule has 22 heavy (non-hydrogen) atoms. The highest BCUT2D eigenvalue weighted by atomic mass is 16.1. The molecule has 0 saturated heterocycles. The van der Waals surface area contributed by atoms with E-state index in [1.165, 1.54) is 16.5 Å². The first-order valence-electron chi connectivity index (χ1n) is 7.56. The molecule has 0 spiro atoms. The number of aromatic amines is 1. The van der Waals surface area contributed by atoms with Crippen molar-refractivity contribution in [2.24, 2.45) is 0 Å². The number of H-pyrrole nitrogens is 1. The molecule has 2 aromatic carbocycles. The molecule has 0 bridgehead atoms. The number of nitrogens with one attached hydrogen (secondary N) is 2. The SMILES string of the molecule is Cc1cccc(NC(=O)CCc2c[nH]c3ccccc23)c1C. The molecule has 3 aromatic rings. The number of aryl methyl sites for hydroxylation is 2. The van der Waals surface area contributed by atoms with Crippen LogP contribution in [0, 0.1) is 13.8 Å². The van der Waals surface area contributed by atoms with Gasteiger partial charge in [0.1, 0.15) is 0 Å². The van der Waals surface area contributed by atoms with Crippen LogP contribution in [0.15, 0.2) is 48.7 Å². The van der Waals surface area contributed by atoms with E-state index in [0.717, 1.165) is 23.2 Å². The average molecular weight is 292 g/mol. The smallest absolute Gasteiger partial charge is 0.224 e. The summed E-state index contributed by atoms with van der Waals surface area (Å²) in [5, 5.41) is 4.21. The minimum atomic E-state index is 0.0546. The van der Waals surface area contributed by atoms with Crippen LogP contribution in [-0.4, -0.2) is 10.9 Å². The summed E-state index contributed by atoms with van der Waals surface area (Å²) in [6.07, 6.45) is 3.21. The van der Waals surface area contributed by atoms with E-state index in [1.54, 1.807) is 0 Å². The van der Waals surface area contributed by atoms with Gasteiger partial charge >= 0.3 is 0 Å². The fourth-order valence-corrected chi connectivity index (χ4v) is 2.69. The summed E-state index contributed by atoms with van der Waals surface area (Å²) >= 11 is 0. The molecule has 2 N–H and O–H groups in total. The second-order valence-corrected chi connectivity index (χ2v) is 5.66. The lowest BCUT2D eigenvalue weighted by atomic mass is 10.1. The van der Waals surface area contributed by atoms with Crippen LogP contribution in [-0.2, 0) is 11.2 Å². The molecule has 0 saturated carbocycles. The quantitative estimate of drug-likeness (QED) is 0.737. The number of fused-ring (bicyclic) bond motifs is 1. The van der Waals surface area contributed by atoms with Gasteiger partial charge in [0.2, 0.25) is 5.91 Å². The van der Waals surface area contributed by atoms with Crippen LogP contribution in [0.1, 0.15) is 23.1 Å². The van der Waals surface area contributed by atoms with Gasteiger partial charge in [-0.15, -0.1) is 0 Å². The lowest BCUT2D eigenvalue weighted by Crippen LogP contribution is -2.13. The maximum atomic E-state index is 12.2. The molecular weight excluding hydrogens is 272 g/mol. The predicted octanol–water partition coefficient (Wildman–Crippen LogP) is 4.36. The average Bonchev–Trinajstić information content (AvgIpc) is 2.93. The summed E-state index contributed by atoms with van der Waals surface area (Å²) in [5.41, 5.74) is 5.53. The molecule has 0 atom stereocenters. The molecule has 112 valence electrons. The number of anilines is 1. The van der Waals surface area contributed by atoms with Crippen LogP contribution in [0.3, 0.4) is 0 Å². The van der Waals surface area contributed by atoms with Gasteiger partial charge in [-0.25, -0.2) is 0 Å². The van der Waals surface area contributed by atoms with Crippen molar-refractivity contribution in [3.05, 3.63) is 65.4 Å². The Morgan fingerprint density at radius 2 is 1.91 bits per heavy atom. The zero-order valence-electron chi connectivity index (χ0n) is 12.9. The predicted molar refractivity (Wildman–Crippen MR) is 91.2 cm³/mol. The van der Waals surface area contributed by atoms with Crippen LogP contribution in [0.5, 0.6) is 0 Å². The minimum Gasteiger partial charge on any atom is -0.361 e. The van der Waals surface area contributed by atoms with E-state index in [0.29, 0.717) is 6.42 Å². The standard InChI is InChI=1S/C19H20N2O/c1-13-6-5-9-17(14(13)2)21-19(22)11-10-15-12-20-18-8-4-3-7-16(15)18/h3-9,12,20H,10-11H2,1-2H3,(H,21,22). The number of hydrogen-bond acceptors (Lipinski definition) is 1. The van der Waals surface area contributed by atoms with Crippen LogP contribution in [0.2, 0.25) is 0 Å². The largest absolute Gasteiger partial charge is 0.361 e. The van der Waals surface area contributed by atoms with E-state index in [-0.39, 0.29) is 5.91 Å². The molecule has 1 aromatic heterocycles. The number of carbonyl (C=O) groups is 1. The number of amides is 1. The third kappa shape index (κ3) is 2.89. The molecule has 0 radical (unpaired) electrons. The van der Waals surface area contributed by atoms with Crippen molar-refractivity contribution in [3.8, 4) is 0 Å². The fraction of sp³-hybridized carbons (Fsp3) is 0.211. The number of para-hydroxylation sites is 1. The summed E-state index contributed by atoms with van der Waals surface area (Å²) in [6.45, 7) is 4.08. The van der Waals surface area contributed by atoms with Crippen molar-refractivity contribution in [3.63, 3.8) is 0 Å². The molecule has 3 nitrogen and oxygen atoms in total. The van der Waals surface area contributed by atoms with E-state index < -0.39 is 0 Å². The Morgan fingerprint density at radius 1 is 1.09 bits per heavy atom. The summed E-state index contributed by atoms with van der Waals surface area (Å²) in [6, 6.07) is 14.1. The Labute approximate surface area is 130 Å². The molecule has 0 aliphatic carbocycles. The minimum absolute atomic E-state index is 0.0546. The zero-order chi connectivity index (χ0) is 15.5. The fourth-order valence-electron chi connectivity index (χ4n) is 2.69. The maximum absolute atomic E-state index is 12.2. The van der Waals surface area contributed by atoms with Crippen molar-refractivity contribution in [2.75, 3.05) is 5.32 Å². The number of carbonyl (C=O) groups excluding carboxylic acids is 1. The summed E-state index contributed by atoms with van der Waals surface area (Å²) in [7, 11) is 0. The van der Waals surface area contributed by atoms with E-state index in [9.17, 15) is 4.79 Å². The normalized spacial score (nSPS) is 10.8. The highest BCUT2D eigenvalue weighted by Gasteiger charge is 2.08. The van der Waals surface area contributed by atoms with Gasteiger partial charge in [0.05, 0.1) is 0 Å². The third-order valence-corrected chi connectivity index (χ3v) is 4.18. The Hall–Kier alpha value is -2.55. The first kappa shape index (κ1) is 14.4. The zero-order valence-corrected chi connectivity index (χ0v) is 12.9. The molecular formula is C19H20N2O. The molecule has 3 heteroatoms. The van der Waals surface area contributed by atoms with Gasteiger partial charge in [0.25, 0.3) is 0 Å². The molecule has 0 aliphatic rings. The Bertz CT molecular complexity index is 817. The topological polar surface area (TPSA) is 44.9 Å². The number of hydrogen-bond donors (Lipinski definition) is 2. The second kappa shape index (κ2) is 6.06. The second-order valence-electron chi connectivity index (χ2n) is 5.66. The van der Waals surface area contributed by atoms with Gasteiger partial charge in [-0.1, -0.05) is 30.3 Å². The van der Waals surface area contributed by atoms with Gasteiger partial charge in [0, 0.05) is 29.2 Å². The van der Waals surface area contributed by atoms with E-state index in [1.807, 2.05) is 37.4 Å². The number of benzene rings is 2. The first-order valence-corrected chi connectivity index (χ1v) is 7.56. The van der Waals surface area contributed by atoms with Gasteiger partial charge in [-0.05, 0) is 49.1 Å². The van der Waals surface area contributed by atoms with E-state index in [4.69, 9.17) is 0 Å². The van der Waals surface area contributed by atoms with Crippen molar-refractivity contribution in [1.82, 2.24) is 4.98 Å². The van der Waals surface area contributed by atoms with Gasteiger partial charge < -0.3 is 10.3 Å². The van der Waals surface area contributed by atoms with Crippen molar-refractivity contribution in [2.45, 2.75) is 26.7 Å². The maximum Gasteiger partial charge on any atom is 0.224 e. The molecule has 1 heterocycles. The monoisotopic (exact) mass is 292 g/mol. The third-order valence-electron chi connectivity index (χ3n) is 4.18.